The van der Waals surface area contributed by atoms with Crippen LogP contribution in [-0.2, 0) is 4.79 Å². The van der Waals surface area contributed by atoms with E-state index in [1.165, 1.54) is 7.05 Å². The molecule has 2 aliphatic heterocycles. The minimum atomic E-state index is -0.804. The zero-order valence-corrected chi connectivity index (χ0v) is 22.4. The third kappa shape index (κ3) is 5.81. The highest BCUT2D eigenvalue weighted by Crippen LogP contribution is 2.31. The summed E-state index contributed by atoms with van der Waals surface area (Å²) in [6, 6.07) is 7.85. The lowest BCUT2D eigenvalue weighted by Gasteiger charge is -2.48. The number of hydrogen-bond donors (Lipinski definition) is 3. The largest absolute Gasteiger partial charge is 0.480 e. The number of carboxylic acid groups (broad SMARTS) is 1. The summed E-state index contributed by atoms with van der Waals surface area (Å²) in [4.78, 5) is 39.5. The first kappa shape index (κ1) is 27.1. The van der Waals surface area contributed by atoms with Crippen LogP contribution < -0.4 is 16.0 Å². The van der Waals surface area contributed by atoms with Crippen LogP contribution in [0.1, 0.15) is 53.8 Å². The number of nitrogens with one attached hydrogen (secondary N) is 1. The zero-order valence-electron chi connectivity index (χ0n) is 21.7. The van der Waals surface area contributed by atoms with Crippen LogP contribution in [0, 0.1) is 6.92 Å². The number of aromatic nitrogens is 2. The Morgan fingerprint density at radius 1 is 1.16 bits per heavy atom. The highest BCUT2D eigenvalue weighted by atomic mass is 35.5. The summed E-state index contributed by atoms with van der Waals surface area (Å²) in [6.45, 7) is 7.92. The molecule has 0 radical (unpaired) electrons. The predicted molar refractivity (Wildman–Crippen MR) is 144 cm³/mol. The average molecular weight is 530 g/mol. The van der Waals surface area contributed by atoms with E-state index in [1.54, 1.807) is 0 Å². The first-order chi connectivity index (χ1) is 17.7. The first-order valence-electron chi connectivity index (χ1n) is 12.8. The van der Waals surface area contributed by atoms with Gasteiger partial charge in [0.1, 0.15) is 6.04 Å². The number of aryl methyl sites for hydroxylation is 1. The molecule has 3 heterocycles. The number of benzene rings is 1. The van der Waals surface area contributed by atoms with Gasteiger partial charge in [0.05, 0.1) is 0 Å². The van der Waals surface area contributed by atoms with Crippen molar-refractivity contribution < 1.29 is 14.7 Å². The Bertz CT molecular complexity index is 1120. The van der Waals surface area contributed by atoms with E-state index in [9.17, 15) is 14.7 Å². The van der Waals surface area contributed by atoms with Crippen LogP contribution in [-0.4, -0.2) is 88.6 Å². The van der Waals surface area contributed by atoms with Crippen molar-refractivity contribution in [2.75, 3.05) is 50.4 Å². The summed E-state index contributed by atoms with van der Waals surface area (Å²) >= 11 is 6.42. The van der Waals surface area contributed by atoms with Crippen molar-refractivity contribution >= 4 is 35.1 Å². The van der Waals surface area contributed by atoms with Crippen molar-refractivity contribution in [3.8, 4) is 0 Å². The molecule has 2 saturated heterocycles. The summed E-state index contributed by atoms with van der Waals surface area (Å²) in [5.74, 6) is -0.666. The topological polar surface area (TPSA) is 128 Å². The Morgan fingerprint density at radius 3 is 2.43 bits per heavy atom. The van der Waals surface area contributed by atoms with E-state index in [2.05, 4.69) is 36.9 Å². The van der Waals surface area contributed by atoms with Crippen LogP contribution in [0.5, 0.6) is 0 Å². The Labute approximate surface area is 222 Å². The maximum Gasteiger partial charge on any atom is 0.325 e. The van der Waals surface area contributed by atoms with Crippen molar-refractivity contribution in [3.63, 3.8) is 0 Å². The van der Waals surface area contributed by atoms with Gasteiger partial charge in [-0.25, -0.2) is 9.97 Å². The molecular formula is C26H36ClN7O3. The fourth-order valence-corrected chi connectivity index (χ4v) is 5.79. The number of carboxylic acids is 1. The molecule has 0 bridgehead atoms. The monoisotopic (exact) mass is 529 g/mol. The van der Waals surface area contributed by atoms with Crippen LogP contribution in [0.15, 0.2) is 24.3 Å². The number of rotatable bonds is 7. The number of aliphatic carboxylic acids is 1. The molecule has 0 aliphatic carbocycles. The summed E-state index contributed by atoms with van der Waals surface area (Å²) in [5.41, 5.74) is 7.99. The first-order valence-corrected chi connectivity index (χ1v) is 13.2. The maximum absolute atomic E-state index is 12.2. The highest BCUT2D eigenvalue weighted by molar-refractivity contribution is 6.32. The number of nitrogens with zero attached hydrogens (tertiary/aromatic N) is 5. The fourth-order valence-electron chi connectivity index (χ4n) is 5.55. The van der Waals surface area contributed by atoms with Gasteiger partial charge in [0.2, 0.25) is 0 Å². The van der Waals surface area contributed by atoms with Gasteiger partial charge in [-0.2, -0.15) is 0 Å². The number of anilines is 2. The van der Waals surface area contributed by atoms with Gasteiger partial charge in [0.25, 0.3) is 5.91 Å². The second-order valence-electron chi connectivity index (χ2n) is 9.82. The molecule has 0 spiro atoms. The Hall–Kier alpha value is -2.95. The summed E-state index contributed by atoms with van der Waals surface area (Å²) in [5, 5.41) is 12.6. The second-order valence-corrected chi connectivity index (χ2v) is 10.2. The van der Waals surface area contributed by atoms with E-state index in [-0.39, 0.29) is 22.7 Å². The molecule has 1 aromatic heterocycles. The lowest BCUT2D eigenvalue weighted by atomic mass is 9.95. The molecule has 2 fully saturated rings. The Morgan fingerprint density at radius 2 is 1.84 bits per heavy atom. The number of halogens is 1. The molecule has 4 N–H and O–H groups in total. The number of likely N-dealkylation sites (tertiary alicyclic amines) is 1. The molecule has 1 aromatic carbocycles. The molecule has 200 valence electrons. The molecule has 2 aliphatic rings. The van der Waals surface area contributed by atoms with Crippen molar-refractivity contribution in [2.45, 2.75) is 51.2 Å². The molecule has 2 atom stereocenters. The second kappa shape index (κ2) is 11.6. The molecular weight excluding hydrogens is 494 g/mol. The molecule has 0 unspecified atom stereocenters. The predicted octanol–water partition coefficient (Wildman–Crippen LogP) is 2.57. The minimum Gasteiger partial charge on any atom is -0.480 e. The maximum atomic E-state index is 12.2. The Kier molecular flexibility index (Phi) is 8.51. The van der Waals surface area contributed by atoms with Gasteiger partial charge in [-0.1, -0.05) is 48.4 Å². The van der Waals surface area contributed by atoms with E-state index in [0.29, 0.717) is 18.4 Å². The zero-order chi connectivity index (χ0) is 26.7. The lowest BCUT2D eigenvalue weighted by Crippen LogP contribution is -2.58. The van der Waals surface area contributed by atoms with Crippen molar-refractivity contribution in [3.05, 3.63) is 46.2 Å². The average Bonchev–Trinajstić information content (AvgIpc) is 2.90. The van der Waals surface area contributed by atoms with Gasteiger partial charge in [-0.05, 0) is 31.7 Å². The molecule has 0 saturated carbocycles. The third-order valence-corrected chi connectivity index (χ3v) is 7.82. The van der Waals surface area contributed by atoms with E-state index < -0.39 is 17.9 Å². The van der Waals surface area contributed by atoms with Crippen LogP contribution in [0.25, 0.3) is 0 Å². The summed E-state index contributed by atoms with van der Waals surface area (Å²) in [6.07, 6.45) is 2.79. The molecule has 10 nitrogen and oxygen atoms in total. The van der Waals surface area contributed by atoms with Crippen molar-refractivity contribution in [2.24, 2.45) is 0 Å². The lowest BCUT2D eigenvalue weighted by molar-refractivity contribution is -0.144. The van der Waals surface area contributed by atoms with Gasteiger partial charge in [-0.15, -0.1) is 0 Å². The number of carbonyl (C=O) groups excluding carboxylic acids is 1. The third-order valence-electron chi connectivity index (χ3n) is 7.56. The number of piperazine rings is 1. The highest BCUT2D eigenvalue weighted by Gasteiger charge is 2.37. The van der Waals surface area contributed by atoms with Gasteiger partial charge >= 0.3 is 5.97 Å². The van der Waals surface area contributed by atoms with E-state index >= 15 is 0 Å². The minimum absolute atomic E-state index is 0.0268. The summed E-state index contributed by atoms with van der Waals surface area (Å²) < 4.78 is 0. The van der Waals surface area contributed by atoms with Gasteiger partial charge in [-0.3, -0.25) is 19.4 Å². The SMILES string of the molecule is CC[C@H]1CN(c2nc(N)c(C(=O)NC)nc2Cl)CCN1C1CCN([C@@H](C(=O)O)c2ccc(C)cc2)CC1. The summed E-state index contributed by atoms with van der Waals surface area (Å²) in [7, 11) is 1.51. The van der Waals surface area contributed by atoms with E-state index in [0.717, 1.165) is 56.6 Å². The normalized spacial score (nSPS) is 20.5. The molecule has 2 aromatic rings. The van der Waals surface area contributed by atoms with Crippen LogP contribution >= 0.6 is 11.6 Å². The molecule has 4 rings (SSSR count). The van der Waals surface area contributed by atoms with Crippen LogP contribution in [0.2, 0.25) is 5.15 Å². The number of amides is 1. The van der Waals surface area contributed by atoms with Crippen molar-refractivity contribution in [1.82, 2.24) is 25.1 Å². The fraction of sp³-hybridized carbons (Fsp3) is 0.538. The van der Waals surface area contributed by atoms with Gasteiger partial charge in [0.15, 0.2) is 22.5 Å². The number of nitrogen functional groups attached to an aromatic ring is 1. The van der Waals surface area contributed by atoms with E-state index in [1.807, 2.05) is 31.2 Å². The van der Waals surface area contributed by atoms with Crippen LogP contribution in [0.4, 0.5) is 11.6 Å². The molecule has 11 heteroatoms. The molecule has 1 amide bonds. The number of nitrogens with two attached hydrogens (primary N) is 1. The van der Waals surface area contributed by atoms with Gasteiger partial charge in [0, 0.05) is 51.9 Å². The van der Waals surface area contributed by atoms with Gasteiger partial charge < -0.3 is 21.1 Å². The smallest absolute Gasteiger partial charge is 0.325 e. The molecule has 37 heavy (non-hydrogen) atoms. The van der Waals surface area contributed by atoms with E-state index in [4.69, 9.17) is 17.3 Å². The number of piperidine rings is 1. The Balaban J connectivity index is 1.41. The standard InChI is InChI=1S/C26H36ClN7O3/c1-4-18-15-33(24-22(27)30-20(23(28)31-24)25(35)29-3)13-14-34(18)19-9-11-32(12-10-19)21(26(36)37)17-7-5-16(2)6-8-17/h5-8,18-19,21H,4,9-15H2,1-3H3,(H2,28,31)(H,29,35)(H,36,37)/t18-,21+/m0/s1. The number of carbonyl (C=O) groups is 2. The number of hydrogen-bond acceptors (Lipinski definition) is 8. The van der Waals surface area contributed by atoms with Crippen molar-refractivity contribution in [1.29, 1.82) is 0 Å². The quantitative estimate of drug-likeness (QED) is 0.495. The van der Waals surface area contributed by atoms with Crippen LogP contribution in [0.3, 0.4) is 0 Å².